The Hall–Kier alpha value is -1.06. The van der Waals surface area contributed by atoms with Gasteiger partial charge in [-0.25, -0.2) is 4.79 Å². The standard InChI is InChI=1S/C8H11NO3/c10-7-3-5-1-2-9(8(11)12)4-6(5)7/h5-6H,1-4H2,(H,11,12)/t5-,6-/m1/s1. The lowest BCUT2D eigenvalue weighted by atomic mass is 9.68. The van der Waals surface area contributed by atoms with Gasteiger partial charge in [-0.2, -0.15) is 0 Å². The fourth-order valence-electron chi connectivity index (χ4n) is 2.03. The Balaban J connectivity index is 2.00. The van der Waals surface area contributed by atoms with Crippen LogP contribution in [0, 0.1) is 11.8 Å². The van der Waals surface area contributed by atoms with Crippen LogP contribution in [0.4, 0.5) is 4.79 Å². The highest BCUT2D eigenvalue weighted by atomic mass is 16.4. The Morgan fingerprint density at radius 3 is 2.92 bits per heavy atom. The lowest BCUT2D eigenvalue weighted by Gasteiger charge is -2.42. The molecule has 0 aromatic carbocycles. The molecule has 4 nitrogen and oxygen atoms in total. The van der Waals surface area contributed by atoms with Gasteiger partial charge in [0.1, 0.15) is 5.78 Å². The molecule has 0 spiro atoms. The van der Waals surface area contributed by atoms with Gasteiger partial charge in [-0.1, -0.05) is 0 Å². The molecule has 0 radical (unpaired) electrons. The molecule has 0 bridgehead atoms. The molecule has 12 heavy (non-hydrogen) atoms. The Morgan fingerprint density at radius 1 is 1.58 bits per heavy atom. The molecule has 1 heterocycles. The van der Waals surface area contributed by atoms with E-state index in [1.54, 1.807) is 0 Å². The van der Waals surface area contributed by atoms with E-state index < -0.39 is 6.09 Å². The van der Waals surface area contributed by atoms with Gasteiger partial charge in [0.15, 0.2) is 0 Å². The van der Waals surface area contributed by atoms with Crippen molar-refractivity contribution < 1.29 is 14.7 Å². The van der Waals surface area contributed by atoms with E-state index >= 15 is 0 Å². The highest BCUT2D eigenvalue weighted by molar-refractivity contribution is 5.88. The van der Waals surface area contributed by atoms with Crippen molar-refractivity contribution >= 4 is 11.9 Å². The van der Waals surface area contributed by atoms with Crippen molar-refractivity contribution in [1.82, 2.24) is 4.90 Å². The van der Waals surface area contributed by atoms with Crippen molar-refractivity contribution in [3.63, 3.8) is 0 Å². The molecule has 2 atom stereocenters. The Kier molecular flexibility index (Phi) is 1.56. The zero-order valence-corrected chi connectivity index (χ0v) is 6.69. The number of likely N-dealkylation sites (tertiary alicyclic amines) is 1. The van der Waals surface area contributed by atoms with Crippen molar-refractivity contribution in [3.8, 4) is 0 Å². The second kappa shape index (κ2) is 2.47. The molecule has 1 amide bonds. The van der Waals surface area contributed by atoms with Crippen LogP contribution in [-0.4, -0.2) is 35.0 Å². The summed E-state index contributed by atoms with van der Waals surface area (Å²) in [4.78, 5) is 22.9. The van der Waals surface area contributed by atoms with E-state index in [1.807, 2.05) is 0 Å². The zero-order chi connectivity index (χ0) is 8.72. The molecule has 1 aliphatic heterocycles. The van der Waals surface area contributed by atoms with Crippen molar-refractivity contribution in [2.75, 3.05) is 13.1 Å². The van der Waals surface area contributed by atoms with Crippen LogP contribution in [-0.2, 0) is 4.79 Å². The van der Waals surface area contributed by atoms with Crippen LogP contribution in [0.3, 0.4) is 0 Å². The van der Waals surface area contributed by atoms with Gasteiger partial charge in [-0.3, -0.25) is 4.79 Å². The van der Waals surface area contributed by atoms with E-state index in [9.17, 15) is 9.59 Å². The lowest BCUT2D eigenvalue weighted by Crippen LogP contribution is -2.52. The van der Waals surface area contributed by atoms with Gasteiger partial charge in [0.2, 0.25) is 0 Å². The fourth-order valence-corrected chi connectivity index (χ4v) is 2.03. The molecular formula is C8H11NO3. The molecule has 2 aliphatic rings. The molecule has 1 N–H and O–H groups in total. The van der Waals surface area contributed by atoms with Crippen LogP contribution in [0.15, 0.2) is 0 Å². The average molecular weight is 169 g/mol. The first kappa shape index (κ1) is 7.58. The van der Waals surface area contributed by atoms with Gasteiger partial charge < -0.3 is 10.0 Å². The second-order valence-electron chi connectivity index (χ2n) is 3.55. The normalized spacial score (nSPS) is 34.0. The van der Waals surface area contributed by atoms with Gasteiger partial charge in [0.05, 0.1) is 0 Å². The van der Waals surface area contributed by atoms with E-state index in [-0.39, 0.29) is 11.7 Å². The molecule has 0 aromatic heterocycles. The summed E-state index contributed by atoms with van der Waals surface area (Å²) in [5.41, 5.74) is 0. The number of hydrogen-bond donors (Lipinski definition) is 1. The van der Waals surface area contributed by atoms with Gasteiger partial charge in [-0.05, 0) is 12.3 Å². The minimum atomic E-state index is -0.895. The van der Waals surface area contributed by atoms with Crippen molar-refractivity contribution in [2.45, 2.75) is 12.8 Å². The Bertz CT molecular complexity index is 230. The van der Waals surface area contributed by atoms with Crippen molar-refractivity contribution in [2.24, 2.45) is 11.8 Å². The highest BCUT2D eigenvalue weighted by Crippen LogP contribution is 2.37. The number of carboxylic acid groups (broad SMARTS) is 1. The number of fused-ring (bicyclic) bond motifs is 1. The van der Waals surface area contributed by atoms with Crippen LogP contribution in [0.5, 0.6) is 0 Å². The lowest BCUT2D eigenvalue weighted by molar-refractivity contribution is -0.137. The number of piperidine rings is 1. The van der Waals surface area contributed by atoms with E-state index in [0.717, 1.165) is 6.42 Å². The van der Waals surface area contributed by atoms with Gasteiger partial charge in [0.25, 0.3) is 0 Å². The second-order valence-corrected chi connectivity index (χ2v) is 3.55. The fraction of sp³-hybridized carbons (Fsp3) is 0.750. The molecule has 1 aliphatic carbocycles. The largest absolute Gasteiger partial charge is 0.465 e. The molecule has 2 fully saturated rings. The number of nitrogens with zero attached hydrogens (tertiary/aromatic N) is 1. The predicted octanol–water partition coefficient (Wildman–Crippen LogP) is 0.575. The van der Waals surface area contributed by atoms with Gasteiger partial charge >= 0.3 is 6.09 Å². The number of amides is 1. The van der Waals surface area contributed by atoms with Crippen LogP contribution in [0.25, 0.3) is 0 Å². The maximum absolute atomic E-state index is 11.0. The molecule has 4 heteroatoms. The smallest absolute Gasteiger partial charge is 0.407 e. The molecule has 66 valence electrons. The molecule has 0 aromatic rings. The summed E-state index contributed by atoms with van der Waals surface area (Å²) in [7, 11) is 0. The van der Waals surface area contributed by atoms with Crippen LogP contribution in [0.1, 0.15) is 12.8 Å². The topological polar surface area (TPSA) is 57.6 Å². The van der Waals surface area contributed by atoms with Crippen LogP contribution < -0.4 is 0 Å². The van der Waals surface area contributed by atoms with E-state index in [0.29, 0.717) is 25.4 Å². The number of carbonyl (C=O) groups excluding carboxylic acids is 1. The van der Waals surface area contributed by atoms with Gasteiger partial charge in [-0.15, -0.1) is 0 Å². The molecule has 1 saturated heterocycles. The van der Waals surface area contributed by atoms with Crippen molar-refractivity contribution in [3.05, 3.63) is 0 Å². The summed E-state index contributed by atoms with van der Waals surface area (Å²) in [6, 6.07) is 0. The molecule has 2 rings (SSSR count). The van der Waals surface area contributed by atoms with Gasteiger partial charge in [0, 0.05) is 25.4 Å². The summed E-state index contributed by atoms with van der Waals surface area (Å²) in [5, 5.41) is 8.67. The quantitative estimate of drug-likeness (QED) is 0.577. The Morgan fingerprint density at radius 2 is 2.33 bits per heavy atom. The average Bonchev–Trinajstić information content (AvgIpc) is 2.02. The monoisotopic (exact) mass is 169 g/mol. The van der Waals surface area contributed by atoms with Crippen molar-refractivity contribution in [1.29, 1.82) is 0 Å². The first-order valence-corrected chi connectivity index (χ1v) is 4.19. The third kappa shape index (κ3) is 0.983. The number of ketones is 1. The Labute approximate surface area is 70.2 Å². The third-order valence-corrected chi connectivity index (χ3v) is 2.90. The van der Waals surface area contributed by atoms with E-state index in [1.165, 1.54) is 4.90 Å². The predicted molar refractivity (Wildman–Crippen MR) is 40.8 cm³/mol. The van der Waals surface area contributed by atoms with Crippen LogP contribution >= 0.6 is 0 Å². The summed E-state index contributed by atoms with van der Waals surface area (Å²) in [6.45, 7) is 1.03. The van der Waals surface area contributed by atoms with E-state index in [2.05, 4.69) is 0 Å². The summed E-state index contributed by atoms with van der Waals surface area (Å²) < 4.78 is 0. The van der Waals surface area contributed by atoms with Crippen LogP contribution in [0.2, 0.25) is 0 Å². The van der Waals surface area contributed by atoms with E-state index in [4.69, 9.17) is 5.11 Å². The SMILES string of the molecule is O=C1C[C@H]2CCN(C(=O)O)C[C@@H]12. The highest BCUT2D eigenvalue weighted by Gasteiger charge is 2.44. The molecule has 1 saturated carbocycles. The first-order chi connectivity index (χ1) is 5.68. The first-order valence-electron chi connectivity index (χ1n) is 4.19. The third-order valence-electron chi connectivity index (χ3n) is 2.90. The summed E-state index contributed by atoms with van der Waals surface area (Å²) >= 11 is 0. The number of Topliss-reactive ketones (excluding diaryl/α,β-unsaturated/α-hetero) is 1. The zero-order valence-electron chi connectivity index (χ0n) is 6.69. The maximum Gasteiger partial charge on any atom is 0.407 e. The summed E-state index contributed by atoms with van der Waals surface area (Å²) in [5.74, 6) is 0.744. The number of carbonyl (C=O) groups is 2. The minimum absolute atomic E-state index is 0.0230. The maximum atomic E-state index is 11.0. The minimum Gasteiger partial charge on any atom is -0.465 e. The molecular weight excluding hydrogens is 158 g/mol. The summed E-state index contributed by atoms with van der Waals surface area (Å²) in [6.07, 6.45) is 0.647. The number of hydrogen-bond acceptors (Lipinski definition) is 2. The molecule has 0 unspecified atom stereocenters. The number of rotatable bonds is 0.